The number of benzene rings is 1. The molecule has 1 aliphatic heterocycles. The number of hydrogen-bond donors (Lipinski definition) is 1. The zero-order chi connectivity index (χ0) is 18.7. The SMILES string of the molecule is CN(c1cc(C(=O)NCc2ccc(F)cc2)ccn1)C1CCS(=O)(=O)C1. The zero-order valence-corrected chi connectivity index (χ0v) is 15.2. The molecule has 0 saturated carbocycles. The molecule has 0 spiro atoms. The van der Waals surface area contributed by atoms with Gasteiger partial charge < -0.3 is 10.2 Å². The highest BCUT2D eigenvalue weighted by molar-refractivity contribution is 7.91. The van der Waals surface area contributed by atoms with Crippen LogP contribution < -0.4 is 10.2 Å². The van der Waals surface area contributed by atoms with Crippen LogP contribution >= 0.6 is 0 Å². The molecule has 1 unspecified atom stereocenters. The van der Waals surface area contributed by atoms with Gasteiger partial charge in [0, 0.05) is 31.4 Å². The van der Waals surface area contributed by atoms with Crippen LogP contribution in [0.2, 0.25) is 0 Å². The van der Waals surface area contributed by atoms with E-state index in [9.17, 15) is 17.6 Å². The second-order valence-electron chi connectivity index (χ2n) is 6.38. The molecule has 138 valence electrons. The van der Waals surface area contributed by atoms with Gasteiger partial charge in [-0.15, -0.1) is 0 Å². The van der Waals surface area contributed by atoms with Gasteiger partial charge in [-0.2, -0.15) is 0 Å². The molecule has 0 bridgehead atoms. The van der Waals surface area contributed by atoms with Crippen molar-refractivity contribution in [3.63, 3.8) is 0 Å². The van der Waals surface area contributed by atoms with E-state index in [2.05, 4.69) is 10.3 Å². The summed E-state index contributed by atoms with van der Waals surface area (Å²) in [7, 11) is -1.21. The van der Waals surface area contributed by atoms with Crippen LogP contribution in [0.15, 0.2) is 42.6 Å². The standard InChI is InChI=1S/C18H20FN3O3S/c1-22(16-7-9-26(24,25)12-16)17-10-14(6-8-20-17)18(23)21-11-13-2-4-15(19)5-3-13/h2-6,8,10,16H,7,9,11-12H2,1H3,(H,21,23). The molecule has 3 rings (SSSR count). The fraction of sp³-hybridized carbons (Fsp3) is 0.333. The average molecular weight is 377 g/mol. The molecule has 1 atom stereocenters. The van der Waals surface area contributed by atoms with E-state index < -0.39 is 9.84 Å². The zero-order valence-electron chi connectivity index (χ0n) is 14.4. The van der Waals surface area contributed by atoms with Gasteiger partial charge >= 0.3 is 0 Å². The summed E-state index contributed by atoms with van der Waals surface area (Å²) in [6, 6.07) is 9.02. The first kappa shape index (κ1) is 18.3. The van der Waals surface area contributed by atoms with Crippen molar-refractivity contribution in [1.82, 2.24) is 10.3 Å². The van der Waals surface area contributed by atoms with Crippen molar-refractivity contribution in [3.05, 3.63) is 59.5 Å². The largest absolute Gasteiger partial charge is 0.356 e. The van der Waals surface area contributed by atoms with Crippen LogP contribution in [0.5, 0.6) is 0 Å². The normalized spacial score (nSPS) is 18.5. The third-order valence-electron chi connectivity index (χ3n) is 4.49. The molecule has 1 fully saturated rings. The predicted molar refractivity (Wildman–Crippen MR) is 97.3 cm³/mol. The highest BCUT2D eigenvalue weighted by Gasteiger charge is 2.31. The van der Waals surface area contributed by atoms with E-state index in [4.69, 9.17) is 0 Å². The quantitative estimate of drug-likeness (QED) is 0.859. The Morgan fingerprint density at radius 3 is 2.69 bits per heavy atom. The number of hydrogen-bond acceptors (Lipinski definition) is 5. The smallest absolute Gasteiger partial charge is 0.251 e. The number of halogens is 1. The fourth-order valence-corrected chi connectivity index (χ4v) is 4.68. The van der Waals surface area contributed by atoms with Crippen molar-refractivity contribution in [3.8, 4) is 0 Å². The summed E-state index contributed by atoms with van der Waals surface area (Å²) in [6.07, 6.45) is 2.09. The van der Waals surface area contributed by atoms with E-state index in [-0.39, 0.29) is 35.8 Å². The van der Waals surface area contributed by atoms with Gasteiger partial charge in [-0.25, -0.2) is 17.8 Å². The van der Waals surface area contributed by atoms with Crippen LogP contribution in [0.3, 0.4) is 0 Å². The Hall–Kier alpha value is -2.48. The van der Waals surface area contributed by atoms with Gasteiger partial charge in [0.1, 0.15) is 11.6 Å². The highest BCUT2D eigenvalue weighted by atomic mass is 32.2. The van der Waals surface area contributed by atoms with Gasteiger partial charge in [-0.3, -0.25) is 4.79 Å². The Morgan fingerprint density at radius 2 is 2.04 bits per heavy atom. The summed E-state index contributed by atoms with van der Waals surface area (Å²) in [6.45, 7) is 0.285. The van der Waals surface area contributed by atoms with Gasteiger partial charge in [0.15, 0.2) is 9.84 Å². The maximum atomic E-state index is 12.9. The van der Waals surface area contributed by atoms with Crippen LogP contribution in [0.25, 0.3) is 0 Å². The van der Waals surface area contributed by atoms with E-state index in [1.54, 1.807) is 36.2 Å². The van der Waals surface area contributed by atoms with Crippen molar-refractivity contribution < 1.29 is 17.6 Å². The van der Waals surface area contributed by atoms with Crippen molar-refractivity contribution >= 4 is 21.6 Å². The fourth-order valence-electron chi connectivity index (χ4n) is 2.91. The van der Waals surface area contributed by atoms with E-state index in [1.165, 1.54) is 18.3 Å². The van der Waals surface area contributed by atoms with E-state index in [0.29, 0.717) is 17.8 Å². The van der Waals surface area contributed by atoms with Gasteiger partial charge in [-0.05, 0) is 36.2 Å². The van der Waals surface area contributed by atoms with Gasteiger partial charge in [0.2, 0.25) is 0 Å². The van der Waals surface area contributed by atoms with Crippen LogP contribution in [0.4, 0.5) is 10.2 Å². The molecule has 0 radical (unpaired) electrons. The number of nitrogens with zero attached hydrogens (tertiary/aromatic N) is 2. The van der Waals surface area contributed by atoms with Gasteiger partial charge in [0.05, 0.1) is 11.5 Å². The van der Waals surface area contributed by atoms with Crippen molar-refractivity contribution in [2.75, 3.05) is 23.5 Å². The Morgan fingerprint density at radius 1 is 1.31 bits per heavy atom. The summed E-state index contributed by atoms with van der Waals surface area (Å²) >= 11 is 0. The molecule has 1 aromatic carbocycles. The van der Waals surface area contributed by atoms with Gasteiger partial charge in [-0.1, -0.05) is 12.1 Å². The van der Waals surface area contributed by atoms with E-state index in [0.717, 1.165) is 5.56 Å². The first-order valence-corrected chi connectivity index (χ1v) is 10.1. The molecule has 2 heterocycles. The average Bonchev–Trinajstić information content (AvgIpc) is 3.00. The molecule has 1 saturated heterocycles. The minimum Gasteiger partial charge on any atom is -0.356 e. The number of carbonyl (C=O) groups excluding carboxylic acids is 1. The molecular formula is C18H20FN3O3S. The lowest BCUT2D eigenvalue weighted by Gasteiger charge is -2.24. The number of amides is 1. The molecule has 1 N–H and O–H groups in total. The summed E-state index contributed by atoms with van der Waals surface area (Å²) in [5, 5.41) is 2.78. The molecule has 1 amide bonds. The second kappa shape index (κ2) is 7.41. The minimum atomic E-state index is -2.99. The number of pyridine rings is 1. The molecule has 26 heavy (non-hydrogen) atoms. The number of sulfone groups is 1. The van der Waals surface area contributed by atoms with Crippen molar-refractivity contribution in [2.45, 2.75) is 19.0 Å². The Kier molecular flexibility index (Phi) is 5.22. The van der Waals surface area contributed by atoms with Crippen LogP contribution in [-0.4, -0.2) is 43.9 Å². The molecule has 8 heteroatoms. The Bertz CT molecular complexity index is 900. The summed E-state index contributed by atoms with van der Waals surface area (Å²) in [5.74, 6) is 0.245. The summed E-state index contributed by atoms with van der Waals surface area (Å²) in [5.41, 5.74) is 1.23. The number of anilines is 1. The lowest BCUT2D eigenvalue weighted by molar-refractivity contribution is 0.0951. The predicted octanol–water partition coefficient (Wildman–Crippen LogP) is 1.77. The third kappa shape index (κ3) is 4.37. The maximum absolute atomic E-state index is 12.9. The van der Waals surface area contributed by atoms with Crippen LogP contribution in [0, 0.1) is 5.82 Å². The topological polar surface area (TPSA) is 79.4 Å². The van der Waals surface area contributed by atoms with Crippen molar-refractivity contribution in [1.29, 1.82) is 0 Å². The molecule has 6 nitrogen and oxygen atoms in total. The lowest BCUT2D eigenvalue weighted by atomic mass is 10.2. The number of rotatable bonds is 5. The van der Waals surface area contributed by atoms with Crippen LogP contribution in [-0.2, 0) is 16.4 Å². The summed E-state index contributed by atoms with van der Waals surface area (Å²) < 4.78 is 36.2. The van der Waals surface area contributed by atoms with E-state index >= 15 is 0 Å². The molecule has 0 aliphatic carbocycles. The summed E-state index contributed by atoms with van der Waals surface area (Å²) in [4.78, 5) is 18.4. The third-order valence-corrected chi connectivity index (χ3v) is 6.24. The number of nitrogens with one attached hydrogen (secondary N) is 1. The Balaban J connectivity index is 1.66. The number of carbonyl (C=O) groups is 1. The minimum absolute atomic E-state index is 0.103. The van der Waals surface area contributed by atoms with Crippen LogP contribution in [0.1, 0.15) is 22.3 Å². The number of aromatic nitrogens is 1. The Labute approximate surface area is 152 Å². The van der Waals surface area contributed by atoms with E-state index in [1.807, 2.05) is 0 Å². The molecule has 2 aromatic rings. The molecule has 1 aliphatic rings. The molecular weight excluding hydrogens is 357 g/mol. The van der Waals surface area contributed by atoms with Gasteiger partial charge in [0.25, 0.3) is 5.91 Å². The first-order valence-electron chi connectivity index (χ1n) is 8.26. The molecule has 1 aromatic heterocycles. The first-order chi connectivity index (χ1) is 12.3. The lowest BCUT2D eigenvalue weighted by Crippen LogP contribution is -2.33. The highest BCUT2D eigenvalue weighted by Crippen LogP contribution is 2.22. The van der Waals surface area contributed by atoms with Crippen molar-refractivity contribution in [2.24, 2.45) is 0 Å². The second-order valence-corrected chi connectivity index (χ2v) is 8.61. The maximum Gasteiger partial charge on any atom is 0.251 e. The monoisotopic (exact) mass is 377 g/mol.